The van der Waals surface area contributed by atoms with Crippen LogP contribution >= 0.6 is 11.5 Å². The van der Waals surface area contributed by atoms with Gasteiger partial charge in [0.05, 0.1) is 16.6 Å². The van der Waals surface area contributed by atoms with Gasteiger partial charge in [-0.2, -0.15) is 18.2 Å². The van der Waals surface area contributed by atoms with Crippen LogP contribution in [0.1, 0.15) is 36.0 Å². The van der Waals surface area contributed by atoms with Crippen LogP contribution in [0, 0.1) is 5.92 Å². The minimum atomic E-state index is -5.08. The highest BCUT2D eigenvalue weighted by Gasteiger charge is 2.38. The van der Waals surface area contributed by atoms with Crippen LogP contribution < -0.4 is 15.5 Å². The van der Waals surface area contributed by atoms with Gasteiger partial charge in [-0.15, -0.1) is 5.10 Å². The van der Waals surface area contributed by atoms with Gasteiger partial charge in [0.25, 0.3) is 5.91 Å². The number of aromatic nitrogens is 4. The fraction of sp³-hybridized carbons (Fsp3) is 0.357. The van der Waals surface area contributed by atoms with Gasteiger partial charge >= 0.3 is 12.1 Å². The number of carbonyl (C=O) groups is 2. The van der Waals surface area contributed by atoms with Gasteiger partial charge in [-0.1, -0.05) is 28.8 Å². The lowest BCUT2D eigenvalue weighted by Crippen LogP contribution is -2.34. The molecule has 2 heterocycles. The largest absolute Gasteiger partial charge is 0.490 e. The number of hydrogen-bond donors (Lipinski definition) is 3. The first-order valence-corrected chi connectivity index (χ1v) is 14.0. The number of alkyl halides is 3. The lowest BCUT2D eigenvalue weighted by Gasteiger charge is -2.29. The quantitative estimate of drug-likeness (QED) is 0.260. The molecule has 5 rings (SSSR count). The van der Waals surface area contributed by atoms with E-state index in [0.29, 0.717) is 30.0 Å². The van der Waals surface area contributed by atoms with Crippen molar-refractivity contribution in [2.45, 2.75) is 37.9 Å². The molecule has 0 spiro atoms. The van der Waals surface area contributed by atoms with Gasteiger partial charge in [0.2, 0.25) is 5.95 Å². The van der Waals surface area contributed by atoms with E-state index < -0.39 is 12.1 Å². The summed E-state index contributed by atoms with van der Waals surface area (Å²) in [6, 6.07) is 16.0. The summed E-state index contributed by atoms with van der Waals surface area (Å²) < 4.78 is 35.6. The molecule has 0 bridgehead atoms. The molecular weight excluding hydrogens is 571 g/mol. The molecule has 1 amide bonds. The van der Waals surface area contributed by atoms with Gasteiger partial charge in [-0.25, -0.2) is 9.78 Å². The molecular formula is C28H30F3N7O3S. The number of nitrogens with zero attached hydrogens (tertiary/aromatic N) is 5. The number of halogens is 3. The predicted octanol–water partition coefficient (Wildman–Crippen LogP) is 5.25. The van der Waals surface area contributed by atoms with Crippen LogP contribution in [-0.4, -0.2) is 69.4 Å². The molecule has 1 saturated carbocycles. The Hall–Kier alpha value is -4.33. The van der Waals surface area contributed by atoms with Gasteiger partial charge < -0.3 is 20.6 Å². The average Bonchev–Trinajstić information content (AvgIpc) is 3.51. The molecule has 1 fully saturated rings. The number of anilines is 2. The SMILES string of the molecule is CN(C)c1nc(NC2CCC(CNC(=O)c3ccc(-c4cnns4)cc3)CC2)nc2ccccc12.O=C(O)C(F)(F)F. The molecule has 4 aromatic rings. The first-order valence-electron chi connectivity index (χ1n) is 13.2. The second kappa shape index (κ2) is 13.6. The molecule has 14 heteroatoms. The summed E-state index contributed by atoms with van der Waals surface area (Å²) in [5, 5.41) is 18.7. The summed E-state index contributed by atoms with van der Waals surface area (Å²) in [5.41, 5.74) is 2.64. The third-order valence-electron chi connectivity index (χ3n) is 6.77. The molecule has 0 atom stereocenters. The summed E-state index contributed by atoms with van der Waals surface area (Å²) in [6.07, 6.45) is 0.836. The maximum Gasteiger partial charge on any atom is 0.490 e. The zero-order valence-electron chi connectivity index (χ0n) is 22.9. The molecule has 222 valence electrons. The van der Waals surface area contributed by atoms with E-state index >= 15 is 0 Å². The monoisotopic (exact) mass is 601 g/mol. The molecule has 1 aliphatic rings. The number of fused-ring (bicyclic) bond motifs is 1. The van der Waals surface area contributed by atoms with E-state index in [-0.39, 0.29) is 5.91 Å². The molecule has 0 saturated heterocycles. The number of amides is 1. The number of nitrogens with one attached hydrogen (secondary N) is 2. The van der Waals surface area contributed by atoms with Gasteiger partial charge in [-0.05, 0) is 73.0 Å². The van der Waals surface area contributed by atoms with Crippen LogP contribution in [0.4, 0.5) is 24.9 Å². The number of carboxylic acid groups (broad SMARTS) is 1. The van der Waals surface area contributed by atoms with E-state index in [1.54, 1.807) is 6.20 Å². The second-order valence-electron chi connectivity index (χ2n) is 10.0. The highest BCUT2D eigenvalue weighted by molar-refractivity contribution is 7.09. The topological polar surface area (TPSA) is 133 Å². The zero-order valence-corrected chi connectivity index (χ0v) is 23.7. The minimum absolute atomic E-state index is 0.0278. The van der Waals surface area contributed by atoms with Gasteiger partial charge in [-0.3, -0.25) is 4.79 Å². The van der Waals surface area contributed by atoms with Crippen LogP contribution in [0.2, 0.25) is 0 Å². The third kappa shape index (κ3) is 8.12. The number of aliphatic carboxylic acids is 1. The summed E-state index contributed by atoms with van der Waals surface area (Å²) in [7, 11) is 4.01. The van der Waals surface area contributed by atoms with Crippen LogP contribution in [0.5, 0.6) is 0 Å². The highest BCUT2D eigenvalue weighted by atomic mass is 32.1. The standard InChI is InChI=1S/C26H29N7OS.C2HF3O2/c1-33(2)24-21-5-3-4-6-22(21)30-26(31-24)29-20-13-7-17(8-14-20)15-27-25(34)19-11-9-18(10-12-19)23-16-28-32-35-23;3-2(4,5)1(6)7/h3-6,9-12,16-17,20H,7-8,13-15H2,1-2H3,(H,27,34)(H,29,30,31);(H,6,7). The molecule has 0 aliphatic heterocycles. The number of carbonyl (C=O) groups excluding carboxylic acids is 1. The van der Waals surface area contributed by atoms with Crippen molar-refractivity contribution in [1.29, 1.82) is 0 Å². The van der Waals surface area contributed by atoms with Crippen molar-refractivity contribution >= 4 is 46.1 Å². The van der Waals surface area contributed by atoms with Gasteiger partial charge in [0.15, 0.2) is 0 Å². The molecule has 1 aliphatic carbocycles. The maximum absolute atomic E-state index is 12.6. The number of rotatable bonds is 7. The molecule has 2 aromatic carbocycles. The average molecular weight is 602 g/mol. The lowest BCUT2D eigenvalue weighted by molar-refractivity contribution is -0.192. The van der Waals surface area contributed by atoms with Crippen molar-refractivity contribution < 1.29 is 27.9 Å². The van der Waals surface area contributed by atoms with Crippen molar-refractivity contribution in [2.24, 2.45) is 5.92 Å². The van der Waals surface area contributed by atoms with Crippen LogP contribution in [0.15, 0.2) is 54.7 Å². The Kier molecular flexibility index (Phi) is 9.88. The van der Waals surface area contributed by atoms with E-state index in [9.17, 15) is 18.0 Å². The first kappa shape index (κ1) is 30.6. The molecule has 2 aromatic heterocycles. The Bertz CT molecular complexity index is 1490. The Morgan fingerprint density at radius 2 is 1.69 bits per heavy atom. The molecule has 0 unspecified atom stereocenters. The van der Waals surface area contributed by atoms with E-state index in [1.807, 2.05) is 61.5 Å². The smallest absolute Gasteiger partial charge is 0.475 e. The number of benzene rings is 2. The minimum Gasteiger partial charge on any atom is -0.475 e. The van der Waals surface area contributed by atoms with E-state index in [4.69, 9.17) is 19.9 Å². The highest BCUT2D eigenvalue weighted by Crippen LogP contribution is 2.28. The number of carboxylic acids is 1. The van der Waals surface area contributed by atoms with Crippen molar-refractivity contribution in [2.75, 3.05) is 30.9 Å². The number of para-hydroxylation sites is 1. The Morgan fingerprint density at radius 1 is 1.02 bits per heavy atom. The Labute approximate surface area is 244 Å². The van der Waals surface area contributed by atoms with E-state index in [2.05, 4.69) is 26.3 Å². The zero-order chi connectivity index (χ0) is 30.3. The van der Waals surface area contributed by atoms with Crippen LogP contribution in [0.3, 0.4) is 0 Å². The molecule has 3 N–H and O–H groups in total. The van der Waals surface area contributed by atoms with Crippen molar-refractivity contribution in [3.8, 4) is 10.4 Å². The summed E-state index contributed by atoms with van der Waals surface area (Å²) in [5.74, 6) is -0.699. The van der Waals surface area contributed by atoms with Gasteiger partial charge in [0, 0.05) is 37.6 Å². The Balaban J connectivity index is 0.000000517. The fourth-order valence-electron chi connectivity index (χ4n) is 4.58. The molecule has 42 heavy (non-hydrogen) atoms. The van der Waals surface area contributed by atoms with Gasteiger partial charge in [0.1, 0.15) is 5.82 Å². The first-order chi connectivity index (χ1) is 20.0. The van der Waals surface area contributed by atoms with Crippen molar-refractivity contribution in [3.63, 3.8) is 0 Å². The normalized spacial score (nSPS) is 16.7. The van der Waals surface area contributed by atoms with Crippen LogP contribution in [-0.2, 0) is 4.79 Å². The lowest BCUT2D eigenvalue weighted by atomic mass is 9.86. The summed E-state index contributed by atoms with van der Waals surface area (Å²) in [4.78, 5) is 34.0. The predicted molar refractivity (Wildman–Crippen MR) is 155 cm³/mol. The van der Waals surface area contributed by atoms with Crippen LogP contribution in [0.25, 0.3) is 21.3 Å². The third-order valence-corrected chi connectivity index (χ3v) is 7.49. The van der Waals surface area contributed by atoms with Crippen molar-refractivity contribution in [1.82, 2.24) is 24.9 Å². The fourth-order valence-corrected chi connectivity index (χ4v) is 5.10. The van der Waals surface area contributed by atoms with E-state index in [1.165, 1.54) is 11.5 Å². The number of hydrogen-bond acceptors (Lipinski definition) is 9. The molecule has 10 nitrogen and oxygen atoms in total. The van der Waals surface area contributed by atoms with E-state index in [0.717, 1.165) is 52.8 Å². The molecule has 0 radical (unpaired) electrons. The Morgan fingerprint density at radius 3 is 2.29 bits per heavy atom. The second-order valence-corrected chi connectivity index (χ2v) is 10.8. The summed E-state index contributed by atoms with van der Waals surface area (Å²) in [6.45, 7) is 0.698. The van der Waals surface area contributed by atoms with Crippen molar-refractivity contribution in [3.05, 3.63) is 60.3 Å². The maximum atomic E-state index is 12.6. The summed E-state index contributed by atoms with van der Waals surface area (Å²) >= 11 is 1.35.